The number of benzene rings is 2. The highest BCUT2D eigenvalue weighted by atomic mass is 16.3. The van der Waals surface area contributed by atoms with E-state index in [2.05, 4.69) is 5.32 Å². The molecule has 0 radical (unpaired) electrons. The third-order valence-electron chi connectivity index (χ3n) is 3.46. The van der Waals surface area contributed by atoms with Crippen LogP contribution in [0.4, 0.5) is 0 Å². The second kappa shape index (κ2) is 8.10. The van der Waals surface area contributed by atoms with E-state index in [1.807, 2.05) is 30.3 Å². The van der Waals surface area contributed by atoms with Crippen molar-refractivity contribution in [1.29, 1.82) is 0 Å². The fourth-order valence-electron chi connectivity index (χ4n) is 2.22. The lowest BCUT2D eigenvalue weighted by Gasteiger charge is -2.23. The molecule has 0 aliphatic carbocycles. The Labute approximate surface area is 135 Å². The first kappa shape index (κ1) is 16.7. The molecule has 0 aliphatic rings. The first-order valence-corrected chi connectivity index (χ1v) is 7.37. The van der Waals surface area contributed by atoms with Gasteiger partial charge >= 0.3 is 0 Å². The zero-order valence-electron chi connectivity index (χ0n) is 13.0. The highest BCUT2D eigenvalue weighted by Crippen LogP contribution is 2.05. The van der Waals surface area contributed by atoms with E-state index in [0.717, 1.165) is 5.56 Å². The zero-order valence-corrected chi connectivity index (χ0v) is 13.0. The maximum atomic E-state index is 12.4. The van der Waals surface area contributed by atoms with Crippen LogP contribution in [0.15, 0.2) is 60.7 Å². The molecule has 2 aromatic rings. The lowest BCUT2D eigenvalue weighted by molar-refractivity contribution is -0.133. The van der Waals surface area contributed by atoms with Gasteiger partial charge in [-0.1, -0.05) is 48.5 Å². The average Bonchev–Trinajstić information content (AvgIpc) is 2.60. The maximum Gasteiger partial charge on any atom is 0.251 e. The third kappa shape index (κ3) is 4.66. The van der Waals surface area contributed by atoms with E-state index in [-0.39, 0.29) is 11.8 Å². The van der Waals surface area contributed by atoms with E-state index < -0.39 is 12.6 Å². The summed E-state index contributed by atoms with van der Waals surface area (Å²) in [5, 5.41) is 12.0. The van der Waals surface area contributed by atoms with Crippen LogP contribution in [0.3, 0.4) is 0 Å². The number of carbonyl (C=O) groups excluding carboxylic acids is 2. The number of hydrogen-bond donors (Lipinski definition) is 2. The molecule has 0 aliphatic heterocycles. The molecule has 0 saturated carbocycles. The summed E-state index contributed by atoms with van der Waals surface area (Å²) in [5.74, 6) is -0.716. The topological polar surface area (TPSA) is 69.6 Å². The van der Waals surface area contributed by atoms with Crippen LogP contribution in [0.5, 0.6) is 0 Å². The summed E-state index contributed by atoms with van der Waals surface area (Å²) in [7, 11) is 1.65. The van der Waals surface area contributed by atoms with Gasteiger partial charge in [-0.15, -0.1) is 0 Å². The SMILES string of the molecule is CN(Cc1ccccc1)C(=O)[C@H](CO)NC(=O)c1ccccc1. The van der Waals surface area contributed by atoms with Gasteiger partial charge in [0.05, 0.1) is 6.61 Å². The molecule has 2 rings (SSSR count). The zero-order chi connectivity index (χ0) is 16.7. The van der Waals surface area contributed by atoms with Crippen LogP contribution in [0, 0.1) is 0 Å². The Morgan fingerprint density at radius 2 is 1.61 bits per heavy atom. The van der Waals surface area contributed by atoms with Gasteiger partial charge in [0.1, 0.15) is 6.04 Å². The minimum absolute atomic E-state index is 0.333. The predicted molar refractivity (Wildman–Crippen MR) is 87.7 cm³/mol. The number of rotatable bonds is 6. The van der Waals surface area contributed by atoms with E-state index in [0.29, 0.717) is 12.1 Å². The summed E-state index contributed by atoms with van der Waals surface area (Å²) in [6.45, 7) is -0.0338. The number of nitrogens with zero attached hydrogens (tertiary/aromatic N) is 1. The van der Waals surface area contributed by atoms with Crippen LogP contribution in [-0.4, -0.2) is 41.5 Å². The van der Waals surface area contributed by atoms with Crippen molar-refractivity contribution in [3.05, 3.63) is 71.8 Å². The molecule has 2 aromatic carbocycles. The molecule has 0 spiro atoms. The quantitative estimate of drug-likeness (QED) is 0.848. The number of amides is 2. The molecule has 0 aromatic heterocycles. The van der Waals surface area contributed by atoms with Gasteiger partial charge in [0.25, 0.3) is 5.91 Å². The molecular formula is C18H20N2O3. The van der Waals surface area contributed by atoms with E-state index in [1.54, 1.807) is 37.4 Å². The molecule has 0 unspecified atom stereocenters. The van der Waals surface area contributed by atoms with Crippen molar-refractivity contribution in [2.45, 2.75) is 12.6 Å². The lowest BCUT2D eigenvalue weighted by atomic mass is 10.1. The smallest absolute Gasteiger partial charge is 0.251 e. The van der Waals surface area contributed by atoms with Crippen LogP contribution in [0.1, 0.15) is 15.9 Å². The Kier molecular flexibility index (Phi) is 5.88. The van der Waals surface area contributed by atoms with Crippen molar-refractivity contribution in [2.75, 3.05) is 13.7 Å². The molecule has 2 N–H and O–H groups in total. The molecule has 0 fully saturated rings. The molecule has 0 heterocycles. The summed E-state index contributed by atoms with van der Waals surface area (Å²) < 4.78 is 0. The molecule has 5 nitrogen and oxygen atoms in total. The largest absolute Gasteiger partial charge is 0.394 e. The number of carbonyl (C=O) groups is 2. The van der Waals surface area contributed by atoms with E-state index in [1.165, 1.54) is 4.90 Å². The van der Waals surface area contributed by atoms with Crippen molar-refractivity contribution in [3.63, 3.8) is 0 Å². The molecule has 23 heavy (non-hydrogen) atoms. The summed E-state index contributed by atoms with van der Waals surface area (Å²) in [6, 6.07) is 17.2. The first-order valence-electron chi connectivity index (χ1n) is 7.37. The number of likely N-dealkylation sites (N-methyl/N-ethyl adjacent to an activating group) is 1. The number of nitrogens with one attached hydrogen (secondary N) is 1. The van der Waals surface area contributed by atoms with Gasteiger partial charge in [0.15, 0.2) is 0 Å². The van der Waals surface area contributed by atoms with Crippen molar-refractivity contribution in [3.8, 4) is 0 Å². The van der Waals surface area contributed by atoms with Crippen LogP contribution in [-0.2, 0) is 11.3 Å². The Morgan fingerprint density at radius 3 is 2.17 bits per heavy atom. The standard InChI is InChI=1S/C18H20N2O3/c1-20(12-14-8-4-2-5-9-14)18(23)16(13-21)19-17(22)15-10-6-3-7-11-15/h2-11,16,21H,12-13H2,1H3,(H,19,22)/t16-/m0/s1. The minimum Gasteiger partial charge on any atom is -0.394 e. The Balaban J connectivity index is 1.99. The highest BCUT2D eigenvalue weighted by molar-refractivity contribution is 5.97. The van der Waals surface area contributed by atoms with Gasteiger partial charge < -0.3 is 15.3 Å². The minimum atomic E-state index is -0.962. The normalized spacial score (nSPS) is 11.6. The van der Waals surface area contributed by atoms with Crippen LogP contribution >= 0.6 is 0 Å². The number of aliphatic hydroxyl groups excluding tert-OH is 1. The van der Waals surface area contributed by atoms with Gasteiger partial charge in [-0.2, -0.15) is 0 Å². The lowest BCUT2D eigenvalue weighted by Crippen LogP contribution is -2.49. The van der Waals surface area contributed by atoms with Crippen molar-refractivity contribution >= 4 is 11.8 Å². The first-order chi connectivity index (χ1) is 11.1. The van der Waals surface area contributed by atoms with E-state index in [9.17, 15) is 14.7 Å². The van der Waals surface area contributed by atoms with Gasteiger partial charge in [-0.05, 0) is 17.7 Å². The summed E-state index contributed by atoms with van der Waals surface area (Å²) >= 11 is 0. The number of hydrogen-bond acceptors (Lipinski definition) is 3. The van der Waals surface area contributed by atoms with Crippen molar-refractivity contribution in [1.82, 2.24) is 10.2 Å². The summed E-state index contributed by atoms with van der Waals surface area (Å²) in [4.78, 5) is 26.0. The molecule has 2 amide bonds. The molecule has 5 heteroatoms. The molecule has 0 saturated heterocycles. The Bertz CT molecular complexity index is 644. The van der Waals surface area contributed by atoms with E-state index >= 15 is 0 Å². The van der Waals surface area contributed by atoms with Crippen LogP contribution < -0.4 is 5.32 Å². The molecule has 1 atom stereocenters. The van der Waals surface area contributed by atoms with Gasteiger partial charge in [0, 0.05) is 19.2 Å². The Hall–Kier alpha value is -2.66. The monoisotopic (exact) mass is 312 g/mol. The maximum absolute atomic E-state index is 12.4. The van der Waals surface area contributed by atoms with Crippen molar-refractivity contribution in [2.24, 2.45) is 0 Å². The fraction of sp³-hybridized carbons (Fsp3) is 0.222. The second-order valence-corrected chi connectivity index (χ2v) is 5.25. The number of aliphatic hydroxyl groups is 1. The highest BCUT2D eigenvalue weighted by Gasteiger charge is 2.23. The molecular weight excluding hydrogens is 292 g/mol. The van der Waals surface area contributed by atoms with Crippen molar-refractivity contribution < 1.29 is 14.7 Å². The van der Waals surface area contributed by atoms with Gasteiger partial charge in [-0.3, -0.25) is 9.59 Å². The predicted octanol–water partition coefficient (Wildman–Crippen LogP) is 1.44. The fourth-order valence-corrected chi connectivity index (χ4v) is 2.22. The summed E-state index contributed by atoms with van der Waals surface area (Å²) in [5.41, 5.74) is 1.43. The Morgan fingerprint density at radius 1 is 1.04 bits per heavy atom. The van der Waals surface area contributed by atoms with Gasteiger partial charge in [0.2, 0.25) is 5.91 Å². The van der Waals surface area contributed by atoms with E-state index in [4.69, 9.17) is 0 Å². The molecule has 120 valence electrons. The third-order valence-corrected chi connectivity index (χ3v) is 3.46. The van der Waals surface area contributed by atoms with Crippen LogP contribution in [0.25, 0.3) is 0 Å². The van der Waals surface area contributed by atoms with Gasteiger partial charge in [-0.25, -0.2) is 0 Å². The summed E-state index contributed by atoms with van der Waals surface area (Å²) in [6.07, 6.45) is 0. The average molecular weight is 312 g/mol. The molecule has 0 bridgehead atoms. The second-order valence-electron chi connectivity index (χ2n) is 5.25. The van der Waals surface area contributed by atoms with Crippen LogP contribution in [0.2, 0.25) is 0 Å².